The Morgan fingerprint density at radius 3 is 2.56 bits per heavy atom. The van der Waals surface area contributed by atoms with E-state index in [1.807, 2.05) is 24.4 Å². The van der Waals surface area contributed by atoms with Crippen LogP contribution in [0.2, 0.25) is 5.02 Å². The summed E-state index contributed by atoms with van der Waals surface area (Å²) in [6, 6.07) is 16.8. The van der Waals surface area contributed by atoms with Crippen molar-refractivity contribution in [3.05, 3.63) is 100 Å². The van der Waals surface area contributed by atoms with Crippen molar-refractivity contribution < 1.29 is 18.3 Å². The Morgan fingerprint density at radius 2 is 1.76 bits per heavy atom. The van der Waals surface area contributed by atoms with Gasteiger partial charge in [0.05, 0.1) is 18.2 Å². The molecule has 0 radical (unpaired) electrons. The summed E-state index contributed by atoms with van der Waals surface area (Å²) < 4.78 is 35.6. The molecule has 0 spiro atoms. The van der Waals surface area contributed by atoms with E-state index in [4.69, 9.17) is 16.3 Å². The van der Waals surface area contributed by atoms with Gasteiger partial charge in [0.25, 0.3) is 5.91 Å². The Morgan fingerprint density at radius 1 is 0.976 bits per heavy atom. The highest BCUT2D eigenvalue weighted by Gasteiger charge is 2.20. The van der Waals surface area contributed by atoms with E-state index in [0.717, 1.165) is 63.0 Å². The molecule has 0 atom stereocenters. The molecule has 1 fully saturated rings. The van der Waals surface area contributed by atoms with E-state index < -0.39 is 0 Å². The van der Waals surface area contributed by atoms with Gasteiger partial charge in [0.1, 0.15) is 17.4 Å². The van der Waals surface area contributed by atoms with E-state index >= 15 is 0 Å². The van der Waals surface area contributed by atoms with E-state index in [9.17, 15) is 13.6 Å². The lowest BCUT2D eigenvalue weighted by Crippen LogP contribution is -2.31. The number of halogens is 3. The van der Waals surface area contributed by atoms with Crippen LogP contribution >= 0.6 is 11.6 Å². The summed E-state index contributed by atoms with van der Waals surface area (Å²) in [6.07, 6.45) is 3.78. The zero-order valence-electron chi connectivity index (χ0n) is 23.2. The number of carbonyl (C=O) groups is 1. The van der Waals surface area contributed by atoms with Gasteiger partial charge in [-0.3, -0.25) is 9.69 Å². The maximum absolute atomic E-state index is 14.3. The van der Waals surface area contributed by atoms with Gasteiger partial charge in [-0.15, -0.1) is 0 Å². The van der Waals surface area contributed by atoms with Gasteiger partial charge < -0.3 is 19.5 Å². The summed E-state index contributed by atoms with van der Waals surface area (Å²) in [7, 11) is 1.63. The molecular formula is C32H35ClF2N4O2. The van der Waals surface area contributed by atoms with E-state index in [2.05, 4.69) is 19.7 Å². The van der Waals surface area contributed by atoms with Crippen molar-refractivity contribution in [1.82, 2.24) is 19.7 Å². The van der Waals surface area contributed by atoms with Crippen LogP contribution in [0.25, 0.3) is 10.9 Å². The molecule has 0 aliphatic carbocycles. The average molecular weight is 581 g/mol. The zero-order valence-corrected chi connectivity index (χ0v) is 24.0. The van der Waals surface area contributed by atoms with Crippen LogP contribution in [0.4, 0.5) is 8.78 Å². The Bertz CT molecular complexity index is 1490. The number of hydrogen-bond acceptors (Lipinski definition) is 4. The molecule has 41 heavy (non-hydrogen) atoms. The fourth-order valence-corrected chi connectivity index (χ4v) is 5.77. The van der Waals surface area contributed by atoms with E-state index in [0.29, 0.717) is 34.0 Å². The molecule has 2 heterocycles. The third-order valence-electron chi connectivity index (χ3n) is 7.67. The van der Waals surface area contributed by atoms with Gasteiger partial charge in [0.15, 0.2) is 0 Å². The average Bonchev–Trinajstić information content (AvgIpc) is 3.19. The molecule has 1 saturated heterocycles. The molecule has 0 bridgehead atoms. The number of aromatic nitrogens is 1. The highest BCUT2D eigenvalue weighted by atomic mass is 35.5. The van der Waals surface area contributed by atoms with Crippen LogP contribution in [0.3, 0.4) is 0 Å². The first-order valence-corrected chi connectivity index (χ1v) is 14.4. The number of amides is 1. The van der Waals surface area contributed by atoms with Crippen LogP contribution in [-0.2, 0) is 19.6 Å². The number of aryl methyl sites for hydroxylation is 1. The Kier molecular flexibility index (Phi) is 9.54. The zero-order chi connectivity index (χ0) is 28.8. The molecule has 1 N–H and O–H groups in total. The standard InChI is InChI=1S/C32H35ClF2N4O2/c1-41-30-12-3-9-25-26(32(40)36-20-23-7-2-8-24(34)19-23)22-39(31(25)30)16-6-14-37-13-5-15-38(18-17-37)21-27-28(33)10-4-11-29(27)35/h2-4,7-12,19,22H,5-6,13-18,20-21H2,1H3,(H,36,40). The molecule has 1 aliphatic rings. The number of ether oxygens (including phenoxy) is 1. The first-order chi connectivity index (χ1) is 19.9. The van der Waals surface area contributed by atoms with Crippen molar-refractivity contribution in [2.45, 2.75) is 32.5 Å². The number of nitrogens with zero attached hydrogens (tertiary/aromatic N) is 3. The number of carbonyl (C=O) groups excluding carboxylic acids is 1. The van der Waals surface area contributed by atoms with Gasteiger partial charge >= 0.3 is 0 Å². The Labute approximate surface area is 244 Å². The first kappa shape index (κ1) is 29.0. The number of para-hydroxylation sites is 1. The molecule has 216 valence electrons. The second-order valence-electron chi connectivity index (χ2n) is 10.4. The predicted octanol–water partition coefficient (Wildman–Crippen LogP) is 6.11. The van der Waals surface area contributed by atoms with Crippen LogP contribution in [0, 0.1) is 11.6 Å². The van der Waals surface area contributed by atoms with Crippen LogP contribution in [0.1, 0.15) is 34.3 Å². The smallest absolute Gasteiger partial charge is 0.253 e. The second kappa shape index (κ2) is 13.5. The van der Waals surface area contributed by atoms with Crippen molar-refractivity contribution in [2.24, 2.45) is 0 Å². The normalized spacial score (nSPS) is 14.7. The number of nitrogens with one attached hydrogen (secondary N) is 1. The summed E-state index contributed by atoms with van der Waals surface area (Å²) in [5.41, 5.74) is 2.71. The molecule has 0 saturated carbocycles. The van der Waals surface area contributed by atoms with Crippen molar-refractivity contribution in [2.75, 3.05) is 39.8 Å². The molecule has 3 aromatic carbocycles. The molecule has 0 unspecified atom stereocenters. The molecule has 5 rings (SSSR count). The molecule has 9 heteroatoms. The minimum absolute atomic E-state index is 0.214. The SMILES string of the molecule is COc1cccc2c(C(=O)NCc3cccc(F)c3)cn(CCCN3CCCN(Cc4c(F)cccc4Cl)CC3)c12. The van der Waals surface area contributed by atoms with Crippen molar-refractivity contribution in [3.8, 4) is 5.75 Å². The second-order valence-corrected chi connectivity index (χ2v) is 10.8. The third-order valence-corrected chi connectivity index (χ3v) is 8.02. The fraction of sp³-hybridized carbons (Fsp3) is 0.344. The van der Waals surface area contributed by atoms with E-state index in [1.54, 1.807) is 31.4 Å². The molecule has 1 aliphatic heterocycles. The van der Waals surface area contributed by atoms with Gasteiger partial charge in [-0.05, 0) is 68.4 Å². The maximum atomic E-state index is 14.3. The number of fused-ring (bicyclic) bond motifs is 1. The molecular weight excluding hydrogens is 546 g/mol. The summed E-state index contributed by atoms with van der Waals surface area (Å²) in [6.45, 7) is 6.00. The molecule has 6 nitrogen and oxygen atoms in total. The molecule has 1 amide bonds. The highest BCUT2D eigenvalue weighted by Crippen LogP contribution is 2.30. The van der Waals surface area contributed by atoms with Gasteiger partial charge in [0.2, 0.25) is 0 Å². The van der Waals surface area contributed by atoms with Gasteiger partial charge in [-0.1, -0.05) is 41.9 Å². The number of methoxy groups -OCH3 is 1. The van der Waals surface area contributed by atoms with E-state index in [1.165, 1.54) is 18.2 Å². The van der Waals surface area contributed by atoms with Crippen molar-refractivity contribution >= 4 is 28.4 Å². The summed E-state index contributed by atoms with van der Waals surface area (Å²) in [4.78, 5) is 17.9. The van der Waals surface area contributed by atoms with Crippen LogP contribution < -0.4 is 10.1 Å². The monoisotopic (exact) mass is 580 g/mol. The number of rotatable bonds is 10. The van der Waals surface area contributed by atoms with Crippen molar-refractivity contribution in [3.63, 3.8) is 0 Å². The maximum Gasteiger partial charge on any atom is 0.253 e. The largest absolute Gasteiger partial charge is 0.495 e. The first-order valence-electron chi connectivity index (χ1n) is 14.0. The lowest BCUT2D eigenvalue weighted by atomic mass is 10.1. The lowest BCUT2D eigenvalue weighted by Gasteiger charge is -2.22. The minimum Gasteiger partial charge on any atom is -0.495 e. The quantitative estimate of drug-likeness (QED) is 0.246. The Hall–Kier alpha value is -3.46. The van der Waals surface area contributed by atoms with Gasteiger partial charge in [-0.25, -0.2) is 8.78 Å². The van der Waals surface area contributed by atoms with E-state index in [-0.39, 0.29) is 24.1 Å². The van der Waals surface area contributed by atoms with Crippen LogP contribution in [0.5, 0.6) is 5.75 Å². The van der Waals surface area contributed by atoms with Crippen LogP contribution in [-0.4, -0.2) is 60.1 Å². The summed E-state index contributed by atoms with van der Waals surface area (Å²) in [5, 5.41) is 4.22. The number of benzene rings is 3. The summed E-state index contributed by atoms with van der Waals surface area (Å²) >= 11 is 6.25. The molecule has 4 aromatic rings. The minimum atomic E-state index is -0.329. The van der Waals surface area contributed by atoms with Gasteiger partial charge in [0, 0.05) is 54.9 Å². The summed E-state index contributed by atoms with van der Waals surface area (Å²) in [5.74, 6) is -0.0857. The predicted molar refractivity (Wildman–Crippen MR) is 158 cm³/mol. The van der Waals surface area contributed by atoms with Crippen LogP contribution in [0.15, 0.2) is 66.9 Å². The number of hydrogen-bond donors (Lipinski definition) is 1. The van der Waals surface area contributed by atoms with Crippen molar-refractivity contribution in [1.29, 1.82) is 0 Å². The fourth-order valence-electron chi connectivity index (χ4n) is 5.55. The lowest BCUT2D eigenvalue weighted by molar-refractivity contribution is 0.0952. The topological polar surface area (TPSA) is 49.7 Å². The highest BCUT2D eigenvalue weighted by molar-refractivity contribution is 6.31. The Balaban J connectivity index is 1.21. The van der Waals surface area contributed by atoms with Gasteiger partial charge in [-0.2, -0.15) is 0 Å². The third kappa shape index (κ3) is 7.07. The molecule has 1 aromatic heterocycles.